The Morgan fingerprint density at radius 1 is 0.923 bits per heavy atom. The largest absolute Gasteiger partial charge is 0.352 e. The van der Waals surface area contributed by atoms with Crippen LogP contribution in [-0.2, 0) is 5.41 Å². The highest BCUT2D eigenvalue weighted by molar-refractivity contribution is 6.06. The SMILES string of the molecule is CC(C)CNC(=O)c1cccc(C(=O)Nc2ccc(C(C)(C)C)cc2)c1. The average molecular weight is 352 g/mol. The standard InChI is InChI=1S/C22H28N2O2/c1-15(2)14-23-20(25)16-7-6-8-17(13-16)21(26)24-19-11-9-18(10-12-19)22(3,4)5/h6-13,15H,14H2,1-5H3,(H,23,25)(H,24,26). The third-order valence-corrected chi connectivity index (χ3v) is 4.07. The van der Waals surface area contributed by atoms with Crippen LogP contribution >= 0.6 is 0 Å². The van der Waals surface area contributed by atoms with Crippen LogP contribution < -0.4 is 10.6 Å². The summed E-state index contributed by atoms with van der Waals surface area (Å²) >= 11 is 0. The zero-order chi connectivity index (χ0) is 19.3. The number of rotatable bonds is 5. The Hall–Kier alpha value is -2.62. The summed E-state index contributed by atoms with van der Waals surface area (Å²) in [6.07, 6.45) is 0. The van der Waals surface area contributed by atoms with Crippen molar-refractivity contribution in [2.75, 3.05) is 11.9 Å². The summed E-state index contributed by atoms with van der Waals surface area (Å²) in [5.74, 6) is -0.0172. The molecule has 2 N–H and O–H groups in total. The Bertz CT molecular complexity index is 771. The first-order chi connectivity index (χ1) is 12.2. The molecule has 0 heterocycles. The van der Waals surface area contributed by atoms with Gasteiger partial charge in [0.05, 0.1) is 0 Å². The lowest BCUT2D eigenvalue weighted by Crippen LogP contribution is -2.27. The van der Waals surface area contributed by atoms with Gasteiger partial charge in [-0.3, -0.25) is 9.59 Å². The minimum Gasteiger partial charge on any atom is -0.352 e. The first-order valence-corrected chi connectivity index (χ1v) is 8.97. The lowest BCUT2D eigenvalue weighted by molar-refractivity contribution is 0.0949. The van der Waals surface area contributed by atoms with Crippen LogP contribution in [0.3, 0.4) is 0 Å². The highest BCUT2D eigenvalue weighted by Crippen LogP contribution is 2.23. The van der Waals surface area contributed by atoms with Crippen molar-refractivity contribution < 1.29 is 9.59 Å². The molecular weight excluding hydrogens is 324 g/mol. The molecule has 0 aromatic heterocycles. The van der Waals surface area contributed by atoms with Gasteiger partial charge in [-0.2, -0.15) is 0 Å². The van der Waals surface area contributed by atoms with Crippen LogP contribution in [0, 0.1) is 5.92 Å². The number of carbonyl (C=O) groups is 2. The van der Waals surface area contributed by atoms with E-state index >= 15 is 0 Å². The maximum atomic E-state index is 12.5. The van der Waals surface area contributed by atoms with Gasteiger partial charge < -0.3 is 10.6 Å². The Morgan fingerprint density at radius 2 is 1.50 bits per heavy atom. The van der Waals surface area contributed by atoms with Crippen molar-refractivity contribution in [2.45, 2.75) is 40.0 Å². The molecule has 26 heavy (non-hydrogen) atoms. The van der Waals surface area contributed by atoms with Gasteiger partial charge in [0.15, 0.2) is 0 Å². The lowest BCUT2D eigenvalue weighted by Gasteiger charge is -2.19. The Kier molecular flexibility index (Phi) is 6.19. The maximum absolute atomic E-state index is 12.5. The van der Waals surface area contributed by atoms with E-state index in [-0.39, 0.29) is 17.2 Å². The number of hydrogen-bond acceptors (Lipinski definition) is 2. The topological polar surface area (TPSA) is 58.2 Å². The summed E-state index contributed by atoms with van der Waals surface area (Å²) in [5.41, 5.74) is 2.96. The van der Waals surface area contributed by atoms with Crippen molar-refractivity contribution in [3.05, 3.63) is 65.2 Å². The monoisotopic (exact) mass is 352 g/mol. The van der Waals surface area contributed by atoms with Gasteiger partial charge in [0.1, 0.15) is 0 Å². The zero-order valence-electron chi connectivity index (χ0n) is 16.2. The molecule has 0 radical (unpaired) electrons. The molecule has 2 aromatic rings. The van der Waals surface area contributed by atoms with Crippen molar-refractivity contribution in [2.24, 2.45) is 5.92 Å². The van der Waals surface area contributed by atoms with Gasteiger partial charge in [-0.1, -0.05) is 52.8 Å². The van der Waals surface area contributed by atoms with Gasteiger partial charge in [0.25, 0.3) is 11.8 Å². The minimum atomic E-state index is -0.230. The van der Waals surface area contributed by atoms with Crippen LogP contribution in [0.15, 0.2) is 48.5 Å². The van der Waals surface area contributed by atoms with E-state index in [2.05, 4.69) is 31.4 Å². The molecule has 0 saturated carbocycles. The molecule has 138 valence electrons. The molecule has 2 rings (SSSR count). The number of carbonyl (C=O) groups excluding carboxylic acids is 2. The van der Waals surface area contributed by atoms with Crippen molar-refractivity contribution in [3.8, 4) is 0 Å². The molecule has 0 aliphatic rings. The van der Waals surface area contributed by atoms with Gasteiger partial charge in [0.2, 0.25) is 0 Å². The van der Waals surface area contributed by atoms with Crippen LogP contribution in [-0.4, -0.2) is 18.4 Å². The Morgan fingerprint density at radius 3 is 2.04 bits per heavy atom. The zero-order valence-corrected chi connectivity index (χ0v) is 16.2. The predicted octanol–water partition coefficient (Wildman–Crippen LogP) is 4.62. The molecule has 0 fully saturated rings. The molecular formula is C22H28N2O2. The smallest absolute Gasteiger partial charge is 0.255 e. The molecule has 0 bridgehead atoms. The number of amides is 2. The van der Waals surface area contributed by atoms with E-state index in [9.17, 15) is 9.59 Å². The Balaban J connectivity index is 2.08. The van der Waals surface area contributed by atoms with E-state index in [0.717, 1.165) is 5.69 Å². The van der Waals surface area contributed by atoms with Crippen LogP contribution in [0.25, 0.3) is 0 Å². The van der Waals surface area contributed by atoms with Crippen molar-refractivity contribution in [1.29, 1.82) is 0 Å². The molecule has 2 amide bonds. The van der Waals surface area contributed by atoms with E-state index in [1.165, 1.54) is 5.56 Å². The normalized spacial score (nSPS) is 11.3. The van der Waals surface area contributed by atoms with Crippen molar-refractivity contribution in [3.63, 3.8) is 0 Å². The second kappa shape index (κ2) is 8.17. The molecule has 0 aliphatic carbocycles. The van der Waals surface area contributed by atoms with E-state index in [1.54, 1.807) is 24.3 Å². The van der Waals surface area contributed by atoms with E-state index < -0.39 is 0 Å². The summed E-state index contributed by atoms with van der Waals surface area (Å²) < 4.78 is 0. The van der Waals surface area contributed by atoms with Crippen LogP contribution in [0.5, 0.6) is 0 Å². The highest BCUT2D eigenvalue weighted by Gasteiger charge is 2.14. The highest BCUT2D eigenvalue weighted by atomic mass is 16.2. The second-order valence-electron chi connectivity index (χ2n) is 7.97. The molecule has 0 atom stereocenters. The second-order valence-corrected chi connectivity index (χ2v) is 7.97. The number of nitrogens with one attached hydrogen (secondary N) is 2. The summed E-state index contributed by atoms with van der Waals surface area (Å²) in [6.45, 7) is 11.1. The Labute approximate surface area is 156 Å². The fourth-order valence-electron chi connectivity index (χ4n) is 2.46. The maximum Gasteiger partial charge on any atom is 0.255 e. The average Bonchev–Trinajstić information content (AvgIpc) is 2.59. The summed E-state index contributed by atoms with van der Waals surface area (Å²) in [7, 11) is 0. The van der Waals surface area contributed by atoms with Gasteiger partial charge in [-0.25, -0.2) is 0 Å². The molecule has 4 heteroatoms. The van der Waals surface area contributed by atoms with Gasteiger partial charge in [0, 0.05) is 23.4 Å². The van der Waals surface area contributed by atoms with Crippen molar-refractivity contribution in [1.82, 2.24) is 5.32 Å². The van der Waals surface area contributed by atoms with Crippen LogP contribution in [0.1, 0.15) is 60.9 Å². The summed E-state index contributed by atoms with van der Waals surface area (Å²) in [6, 6.07) is 14.6. The first kappa shape index (κ1) is 19.7. The van der Waals surface area contributed by atoms with E-state index in [4.69, 9.17) is 0 Å². The van der Waals surface area contributed by atoms with Gasteiger partial charge in [-0.15, -0.1) is 0 Å². The van der Waals surface area contributed by atoms with Gasteiger partial charge >= 0.3 is 0 Å². The molecule has 4 nitrogen and oxygen atoms in total. The fraction of sp³-hybridized carbons (Fsp3) is 0.364. The third-order valence-electron chi connectivity index (χ3n) is 4.07. The van der Waals surface area contributed by atoms with E-state index in [1.807, 2.05) is 38.1 Å². The molecule has 0 saturated heterocycles. The van der Waals surface area contributed by atoms with Crippen molar-refractivity contribution >= 4 is 17.5 Å². The van der Waals surface area contributed by atoms with Gasteiger partial charge in [-0.05, 0) is 47.2 Å². The number of hydrogen-bond donors (Lipinski definition) is 2. The quantitative estimate of drug-likeness (QED) is 0.825. The van der Waals surface area contributed by atoms with E-state index in [0.29, 0.717) is 23.6 Å². The van der Waals surface area contributed by atoms with Crippen LogP contribution in [0.2, 0.25) is 0 Å². The van der Waals surface area contributed by atoms with Crippen LogP contribution in [0.4, 0.5) is 5.69 Å². The molecule has 0 spiro atoms. The fourth-order valence-corrected chi connectivity index (χ4v) is 2.46. The molecule has 0 unspecified atom stereocenters. The first-order valence-electron chi connectivity index (χ1n) is 8.97. The summed E-state index contributed by atoms with van der Waals surface area (Å²) in [5, 5.41) is 5.75. The number of anilines is 1. The summed E-state index contributed by atoms with van der Waals surface area (Å²) in [4.78, 5) is 24.7. The molecule has 2 aromatic carbocycles. The predicted molar refractivity (Wildman–Crippen MR) is 107 cm³/mol. The number of benzene rings is 2. The molecule has 0 aliphatic heterocycles. The lowest BCUT2D eigenvalue weighted by atomic mass is 9.87. The minimum absolute atomic E-state index is 0.0697. The third kappa shape index (κ3) is 5.45.